The fraction of sp³-hybridized carbons (Fsp3) is 0.214. The number of nitrogens with zero attached hydrogens (tertiary/aromatic N) is 3. The molecule has 0 radical (unpaired) electrons. The molecule has 2 N–H and O–H groups in total. The number of hydrogen-bond donors (Lipinski definition) is 2. The highest BCUT2D eigenvalue weighted by Gasteiger charge is 2.14. The van der Waals surface area contributed by atoms with Crippen LogP contribution in [0.2, 0.25) is 0 Å². The first-order valence-corrected chi connectivity index (χ1v) is 6.80. The van der Waals surface area contributed by atoms with Gasteiger partial charge in [-0.3, -0.25) is 4.79 Å². The summed E-state index contributed by atoms with van der Waals surface area (Å²) in [5.41, 5.74) is -0.0623. The molecular weight excluding hydrogens is 304 g/mol. The maximum absolute atomic E-state index is 12.0. The van der Waals surface area contributed by atoms with Crippen LogP contribution >= 0.6 is 0 Å². The van der Waals surface area contributed by atoms with Crippen molar-refractivity contribution < 1.29 is 19.1 Å². The fourth-order valence-electron chi connectivity index (χ4n) is 2.08. The summed E-state index contributed by atoms with van der Waals surface area (Å²) in [6.07, 6.45) is 0.397. The van der Waals surface area contributed by atoms with E-state index in [0.717, 1.165) is 0 Å². The van der Waals surface area contributed by atoms with Gasteiger partial charge < -0.3 is 14.3 Å². The number of carboxylic acid groups (broad SMARTS) is 1. The lowest BCUT2D eigenvalue weighted by Gasteiger charge is -2.08. The van der Waals surface area contributed by atoms with Crippen LogP contribution in [-0.4, -0.2) is 38.3 Å². The maximum atomic E-state index is 12.0. The third-order valence-corrected chi connectivity index (χ3v) is 3.12. The summed E-state index contributed by atoms with van der Waals surface area (Å²) in [5, 5.41) is 22.4. The quantitative estimate of drug-likeness (QED) is 0.512. The van der Waals surface area contributed by atoms with E-state index in [1.165, 1.54) is 0 Å². The Labute approximate surface area is 128 Å². The van der Waals surface area contributed by atoms with Gasteiger partial charge in [-0.15, -0.1) is 10.2 Å². The molecule has 0 bridgehead atoms. The number of carboxylic acids is 1. The van der Waals surface area contributed by atoms with Crippen LogP contribution in [0.15, 0.2) is 33.5 Å². The average molecular weight is 316 g/mol. The summed E-state index contributed by atoms with van der Waals surface area (Å²) < 4.78 is 10.8. The van der Waals surface area contributed by atoms with E-state index in [1.54, 1.807) is 24.3 Å². The van der Waals surface area contributed by atoms with Gasteiger partial charge in [0.2, 0.25) is 5.82 Å². The minimum Gasteiger partial charge on any atom is -0.493 e. The first-order chi connectivity index (χ1) is 11.1. The number of ether oxygens (including phenoxy) is 1. The highest BCUT2D eigenvalue weighted by atomic mass is 16.5. The summed E-state index contributed by atoms with van der Waals surface area (Å²) in [7, 11) is 0. The van der Waals surface area contributed by atoms with Crippen LogP contribution in [0.3, 0.4) is 0 Å². The van der Waals surface area contributed by atoms with Crippen molar-refractivity contribution in [2.75, 3.05) is 6.61 Å². The monoisotopic (exact) mass is 316 g/mol. The zero-order valence-corrected chi connectivity index (χ0v) is 11.9. The number of rotatable bonds is 6. The summed E-state index contributed by atoms with van der Waals surface area (Å²) in [5.74, 6) is -0.264. The van der Waals surface area contributed by atoms with Crippen LogP contribution in [0.1, 0.15) is 12.8 Å². The standard InChI is InChI=1S/C14H12N4O5/c19-12(20)5-2-6-22-10-3-1-4-11-8(10)7-9(14(21)23-11)13-15-17-18-16-13/h1,3-4,7H,2,5-6H2,(H,19,20)(H,15,16,17,18). The number of nitrogens with one attached hydrogen (secondary N) is 1. The molecule has 0 atom stereocenters. The predicted octanol–water partition coefficient (Wildman–Crippen LogP) is 1.22. The van der Waals surface area contributed by atoms with Gasteiger partial charge in [-0.2, -0.15) is 5.21 Å². The lowest BCUT2D eigenvalue weighted by Crippen LogP contribution is -2.05. The number of tetrazole rings is 1. The molecule has 0 aliphatic rings. The molecule has 9 heteroatoms. The summed E-state index contributed by atoms with van der Waals surface area (Å²) in [6.45, 7) is 0.238. The van der Waals surface area contributed by atoms with Crippen LogP contribution in [0.25, 0.3) is 22.4 Å². The van der Waals surface area contributed by atoms with Crippen molar-refractivity contribution in [3.05, 3.63) is 34.7 Å². The Morgan fingerprint density at radius 1 is 1.39 bits per heavy atom. The molecule has 3 rings (SSSR count). The van der Waals surface area contributed by atoms with Crippen molar-refractivity contribution in [2.24, 2.45) is 0 Å². The van der Waals surface area contributed by atoms with E-state index < -0.39 is 11.6 Å². The molecule has 0 aliphatic heterocycles. The molecule has 1 aromatic carbocycles. The average Bonchev–Trinajstić information content (AvgIpc) is 3.04. The minimum atomic E-state index is -0.878. The zero-order chi connectivity index (χ0) is 16.2. The number of fused-ring (bicyclic) bond motifs is 1. The van der Waals surface area contributed by atoms with Crippen LogP contribution in [0.4, 0.5) is 0 Å². The molecule has 0 spiro atoms. The largest absolute Gasteiger partial charge is 0.493 e. The van der Waals surface area contributed by atoms with Gasteiger partial charge in [0.15, 0.2) is 0 Å². The molecule has 3 aromatic rings. The van der Waals surface area contributed by atoms with Gasteiger partial charge in [0.05, 0.1) is 12.0 Å². The second-order valence-corrected chi connectivity index (χ2v) is 4.70. The molecule has 2 heterocycles. The molecule has 0 saturated carbocycles. The Hall–Kier alpha value is -3.23. The first-order valence-electron chi connectivity index (χ1n) is 6.80. The second kappa shape index (κ2) is 6.26. The highest BCUT2D eigenvalue weighted by molar-refractivity contribution is 5.86. The smallest absolute Gasteiger partial charge is 0.347 e. The topological polar surface area (TPSA) is 131 Å². The maximum Gasteiger partial charge on any atom is 0.347 e. The molecule has 2 aromatic heterocycles. The van der Waals surface area contributed by atoms with Crippen molar-refractivity contribution >= 4 is 16.9 Å². The molecule has 0 unspecified atom stereocenters. The van der Waals surface area contributed by atoms with E-state index in [-0.39, 0.29) is 24.4 Å². The summed E-state index contributed by atoms with van der Waals surface area (Å²) >= 11 is 0. The third-order valence-electron chi connectivity index (χ3n) is 3.12. The Morgan fingerprint density at radius 3 is 3.00 bits per heavy atom. The Kier molecular flexibility index (Phi) is 4.00. The van der Waals surface area contributed by atoms with Gasteiger partial charge >= 0.3 is 11.6 Å². The fourth-order valence-corrected chi connectivity index (χ4v) is 2.08. The normalized spacial score (nSPS) is 10.8. The van der Waals surface area contributed by atoms with E-state index >= 15 is 0 Å². The van der Waals surface area contributed by atoms with Crippen molar-refractivity contribution in [3.8, 4) is 17.1 Å². The highest BCUT2D eigenvalue weighted by Crippen LogP contribution is 2.27. The summed E-state index contributed by atoms with van der Waals surface area (Å²) in [4.78, 5) is 22.5. The van der Waals surface area contributed by atoms with Crippen LogP contribution in [-0.2, 0) is 4.79 Å². The lowest BCUT2D eigenvalue weighted by atomic mass is 10.1. The number of hydrogen-bond acceptors (Lipinski definition) is 7. The van der Waals surface area contributed by atoms with Crippen molar-refractivity contribution in [1.29, 1.82) is 0 Å². The first kappa shape index (κ1) is 14.7. The van der Waals surface area contributed by atoms with E-state index in [9.17, 15) is 9.59 Å². The van der Waals surface area contributed by atoms with Crippen LogP contribution in [0, 0.1) is 0 Å². The Bertz CT molecular complexity index is 888. The van der Waals surface area contributed by atoms with Crippen LogP contribution in [0.5, 0.6) is 5.75 Å². The molecular formula is C14H12N4O5. The van der Waals surface area contributed by atoms with Crippen molar-refractivity contribution in [2.45, 2.75) is 12.8 Å². The van der Waals surface area contributed by atoms with Gasteiger partial charge in [-0.25, -0.2) is 4.79 Å². The number of benzene rings is 1. The number of H-pyrrole nitrogens is 1. The number of aromatic nitrogens is 4. The van der Waals surface area contributed by atoms with E-state index in [1.807, 2.05) is 0 Å². The van der Waals surface area contributed by atoms with Crippen molar-refractivity contribution in [1.82, 2.24) is 20.6 Å². The molecule has 0 amide bonds. The van der Waals surface area contributed by atoms with Gasteiger partial charge in [-0.05, 0) is 29.8 Å². The SMILES string of the molecule is O=C(O)CCCOc1cccc2oc(=O)c(-c3nn[nH]n3)cc12. The second-order valence-electron chi connectivity index (χ2n) is 4.70. The molecule has 9 nitrogen and oxygen atoms in total. The van der Waals surface area contributed by atoms with Gasteiger partial charge in [-0.1, -0.05) is 6.07 Å². The van der Waals surface area contributed by atoms with Gasteiger partial charge in [0, 0.05) is 6.42 Å². The molecule has 0 fully saturated rings. The summed E-state index contributed by atoms with van der Waals surface area (Å²) in [6, 6.07) is 6.61. The minimum absolute atomic E-state index is 0.0218. The molecule has 0 aliphatic carbocycles. The van der Waals surface area contributed by atoms with Gasteiger partial charge in [0.25, 0.3) is 0 Å². The van der Waals surface area contributed by atoms with E-state index in [4.69, 9.17) is 14.3 Å². The molecule has 0 saturated heterocycles. The number of carbonyl (C=O) groups is 1. The number of aromatic amines is 1. The molecule has 118 valence electrons. The molecule has 23 heavy (non-hydrogen) atoms. The third kappa shape index (κ3) is 3.18. The Balaban J connectivity index is 1.94. The van der Waals surface area contributed by atoms with E-state index in [2.05, 4.69) is 20.6 Å². The van der Waals surface area contributed by atoms with Gasteiger partial charge in [0.1, 0.15) is 16.9 Å². The van der Waals surface area contributed by atoms with E-state index in [0.29, 0.717) is 23.1 Å². The van der Waals surface area contributed by atoms with Crippen molar-refractivity contribution in [3.63, 3.8) is 0 Å². The number of aliphatic carboxylic acids is 1. The van der Waals surface area contributed by atoms with Crippen LogP contribution < -0.4 is 10.4 Å². The Morgan fingerprint density at radius 2 is 2.26 bits per heavy atom. The predicted molar refractivity (Wildman–Crippen MR) is 78.0 cm³/mol. The lowest BCUT2D eigenvalue weighted by molar-refractivity contribution is -0.137. The zero-order valence-electron chi connectivity index (χ0n) is 11.9.